The van der Waals surface area contributed by atoms with Gasteiger partial charge in [-0.15, -0.1) is 0 Å². The van der Waals surface area contributed by atoms with E-state index in [-0.39, 0.29) is 43.4 Å². The molecule has 1 aliphatic rings. The molecule has 1 amide bonds. The summed E-state index contributed by atoms with van der Waals surface area (Å²) in [5.74, 6) is -1.99. The molecular formula is C19H23F2N7O3. The normalized spacial score (nSPS) is 15.7. The number of benzene rings is 1. The van der Waals surface area contributed by atoms with E-state index < -0.39 is 17.2 Å². The summed E-state index contributed by atoms with van der Waals surface area (Å²) in [6, 6.07) is 3.62. The van der Waals surface area contributed by atoms with Gasteiger partial charge in [0.25, 0.3) is 5.56 Å². The standard InChI is InChI=1S/C19H23F2N7O3/c1-11-7-25-17(23-5-4-12-2-3-14(20)15(21)6-12)18(30)28(11)10-16(29)24-8-13-9-26-19(22)27-31-13/h2-3,6-7,13H,4-5,8-10H2,1H3,(H,23,25)(H,24,29)(H3,22,26,27). The molecule has 31 heavy (non-hydrogen) atoms. The van der Waals surface area contributed by atoms with Crippen LogP contribution in [-0.4, -0.2) is 47.2 Å². The largest absolute Gasteiger partial charge is 0.368 e. The Balaban J connectivity index is 1.56. The molecule has 3 rings (SSSR count). The first-order chi connectivity index (χ1) is 14.8. The van der Waals surface area contributed by atoms with Crippen molar-refractivity contribution in [2.75, 3.05) is 25.0 Å². The van der Waals surface area contributed by atoms with Crippen molar-refractivity contribution in [3.05, 3.63) is 57.6 Å². The molecule has 0 spiro atoms. The van der Waals surface area contributed by atoms with E-state index in [9.17, 15) is 18.4 Å². The van der Waals surface area contributed by atoms with E-state index in [1.807, 2.05) is 0 Å². The third-order valence-corrected chi connectivity index (χ3v) is 4.57. The van der Waals surface area contributed by atoms with Gasteiger partial charge in [0.2, 0.25) is 11.9 Å². The summed E-state index contributed by atoms with van der Waals surface area (Å²) in [5, 5.41) is 5.56. The monoisotopic (exact) mass is 435 g/mol. The van der Waals surface area contributed by atoms with Gasteiger partial charge in [-0.1, -0.05) is 6.07 Å². The highest BCUT2D eigenvalue weighted by atomic mass is 19.2. The molecule has 0 fully saturated rings. The number of halogens is 2. The van der Waals surface area contributed by atoms with E-state index in [1.165, 1.54) is 16.8 Å². The van der Waals surface area contributed by atoms with E-state index in [2.05, 4.69) is 26.1 Å². The molecule has 10 nitrogen and oxygen atoms in total. The number of hydrogen-bond donors (Lipinski definition) is 4. The van der Waals surface area contributed by atoms with Crippen LogP contribution < -0.4 is 27.4 Å². The Kier molecular flexibility index (Phi) is 7.13. The average molecular weight is 435 g/mol. The van der Waals surface area contributed by atoms with Gasteiger partial charge >= 0.3 is 0 Å². The van der Waals surface area contributed by atoms with Crippen molar-refractivity contribution in [2.45, 2.75) is 26.0 Å². The molecule has 2 heterocycles. The lowest BCUT2D eigenvalue weighted by Gasteiger charge is -2.21. The Morgan fingerprint density at radius 3 is 2.90 bits per heavy atom. The Morgan fingerprint density at radius 2 is 2.19 bits per heavy atom. The fourth-order valence-corrected chi connectivity index (χ4v) is 2.86. The third-order valence-electron chi connectivity index (χ3n) is 4.57. The SMILES string of the molecule is Cc1cnc(NCCc2ccc(F)c(F)c2)c(=O)n1CC(=O)NCC1CN=C(N)NO1. The van der Waals surface area contributed by atoms with Crippen LogP contribution in [0.5, 0.6) is 0 Å². The lowest BCUT2D eigenvalue weighted by molar-refractivity contribution is -0.122. The van der Waals surface area contributed by atoms with Crippen LogP contribution in [0.1, 0.15) is 11.3 Å². The highest BCUT2D eigenvalue weighted by molar-refractivity contribution is 5.77. The zero-order valence-electron chi connectivity index (χ0n) is 16.8. The molecule has 166 valence electrons. The number of amides is 1. The van der Waals surface area contributed by atoms with Gasteiger partial charge in [0.15, 0.2) is 17.5 Å². The minimum atomic E-state index is -0.927. The quantitative estimate of drug-likeness (QED) is 0.452. The van der Waals surface area contributed by atoms with Gasteiger partial charge in [0, 0.05) is 25.0 Å². The zero-order valence-corrected chi connectivity index (χ0v) is 16.8. The first-order valence-corrected chi connectivity index (χ1v) is 9.56. The van der Waals surface area contributed by atoms with Gasteiger partial charge in [-0.3, -0.25) is 19.0 Å². The summed E-state index contributed by atoms with van der Waals surface area (Å²) in [4.78, 5) is 38.2. The van der Waals surface area contributed by atoms with Crippen molar-refractivity contribution < 1.29 is 18.4 Å². The minimum absolute atomic E-state index is 0.0607. The van der Waals surface area contributed by atoms with E-state index in [0.717, 1.165) is 12.1 Å². The molecule has 1 aromatic carbocycles. The number of aliphatic imine (C=N–C) groups is 1. The number of nitrogens with zero attached hydrogens (tertiary/aromatic N) is 3. The Hall–Kier alpha value is -3.54. The van der Waals surface area contributed by atoms with Gasteiger partial charge in [-0.05, 0) is 31.0 Å². The lowest BCUT2D eigenvalue weighted by Crippen LogP contribution is -2.46. The van der Waals surface area contributed by atoms with Crippen LogP contribution in [0, 0.1) is 18.6 Å². The topological polar surface area (TPSA) is 136 Å². The molecule has 0 aliphatic carbocycles. The number of guanidine groups is 1. The van der Waals surface area contributed by atoms with Crippen LogP contribution in [0.3, 0.4) is 0 Å². The van der Waals surface area contributed by atoms with Crippen LogP contribution in [0.15, 0.2) is 34.2 Å². The molecule has 0 bridgehead atoms. The second-order valence-corrected chi connectivity index (χ2v) is 6.94. The predicted octanol–water partition coefficient (Wildman–Crippen LogP) is -0.181. The van der Waals surface area contributed by atoms with Crippen molar-refractivity contribution in [3.63, 3.8) is 0 Å². The van der Waals surface area contributed by atoms with Crippen LogP contribution in [-0.2, 0) is 22.6 Å². The predicted molar refractivity (Wildman–Crippen MR) is 109 cm³/mol. The summed E-state index contributed by atoms with van der Waals surface area (Å²) < 4.78 is 27.6. The minimum Gasteiger partial charge on any atom is -0.368 e. The molecule has 0 radical (unpaired) electrons. The zero-order chi connectivity index (χ0) is 22.4. The number of aromatic nitrogens is 2. The molecular weight excluding hydrogens is 412 g/mol. The van der Waals surface area contributed by atoms with E-state index in [0.29, 0.717) is 24.2 Å². The van der Waals surface area contributed by atoms with Crippen molar-refractivity contribution in [1.29, 1.82) is 0 Å². The van der Waals surface area contributed by atoms with Crippen LogP contribution in [0.25, 0.3) is 0 Å². The fourth-order valence-electron chi connectivity index (χ4n) is 2.86. The lowest BCUT2D eigenvalue weighted by atomic mass is 10.1. The van der Waals surface area contributed by atoms with Crippen molar-refractivity contribution >= 4 is 17.7 Å². The second kappa shape index (κ2) is 9.98. The Labute approximate surface area is 176 Å². The maximum Gasteiger partial charge on any atom is 0.293 e. The summed E-state index contributed by atoms with van der Waals surface area (Å²) in [7, 11) is 0. The highest BCUT2D eigenvalue weighted by Crippen LogP contribution is 2.09. The molecule has 1 atom stereocenters. The third kappa shape index (κ3) is 5.98. The molecule has 1 aromatic heterocycles. The van der Waals surface area contributed by atoms with Crippen LogP contribution in [0.2, 0.25) is 0 Å². The number of carbonyl (C=O) groups is 1. The maximum absolute atomic E-state index is 13.3. The number of hydrogen-bond acceptors (Lipinski definition) is 8. The summed E-state index contributed by atoms with van der Waals surface area (Å²) in [6.45, 7) is 2.24. The van der Waals surface area contributed by atoms with Gasteiger partial charge < -0.3 is 16.4 Å². The van der Waals surface area contributed by atoms with Crippen molar-refractivity contribution in [1.82, 2.24) is 20.3 Å². The molecule has 12 heteroatoms. The van der Waals surface area contributed by atoms with Crippen LogP contribution in [0.4, 0.5) is 14.6 Å². The number of aryl methyl sites for hydroxylation is 1. The number of rotatable bonds is 8. The number of anilines is 1. The van der Waals surface area contributed by atoms with Gasteiger partial charge in [-0.2, -0.15) is 0 Å². The number of hydroxylamine groups is 1. The van der Waals surface area contributed by atoms with Gasteiger partial charge in [0.05, 0.1) is 6.54 Å². The smallest absolute Gasteiger partial charge is 0.293 e. The first-order valence-electron chi connectivity index (χ1n) is 9.56. The summed E-state index contributed by atoms with van der Waals surface area (Å²) in [5.41, 5.74) is 8.48. The van der Waals surface area contributed by atoms with E-state index in [4.69, 9.17) is 10.6 Å². The highest BCUT2D eigenvalue weighted by Gasteiger charge is 2.17. The first kappa shape index (κ1) is 22.2. The molecule has 1 aliphatic heterocycles. The number of nitrogens with one attached hydrogen (secondary N) is 3. The summed E-state index contributed by atoms with van der Waals surface area (Å²) in [6.07, 6.45) is 1.45. The van der Waals surface area contributed by atoms with Crippen LogP contribution >= 0.6 is 0 Å². The van der Waals surface area contributed by atoms with Gasteiger partial charge in [0.1, 0.15) is 12.6 Å². The Bertz CT molecular complexity index is 1040. The number of carbonyl (C=O) groups excluding carboxylic acids is 1. The molecule has 1 unspecified atom stereocenters. The molecule has 2 aromatic rings. The fraction of sp³-hybridized carbons (Fsp3) is 0.368. The van der Waals surface area contributed by atoms with E-state index in [1.54, 1.807) is 6.92 Å². The van der Waals surface area contributed by atoms with E-state index >= 15 is 0 Å². The summed E-state index contributed by atoms with van der Waals surface area (Å²) >= 11 is 0. The number of nitrogens with two attached hydrogens (primary N) is 1. The van der Waals surface area contributed by atoms with Crippen molar-refractivity contribution in [3.8, 4) is 0 Å². The Morgan fingerprint density at radius 1 is 1.39 bits per heavy atom. The molecule has 0 saturated carbocycles. The van der Waals surface area contributed by atoms with Gasteiger partial charge in [-0.25, -0.2) is 24.2 Å². The van der Waals surface area contributed by atoms with Crippen molar-refractivity contribution in [2.24, 2.45) is 10.7 Å². The molecule has 0 saturated heterocycles. The maximum atomic E-state index is 13.3. The average Bonchev–Trinajstić information content (AvgIpc) is 2.75. The molecule has 5 N–H and O–H groups in total. The second-order valence-electron chi connectivity index (χ2n) is 6.94.